The quantitative estimate of drug-likeness (QED) is 0.590. The molecule has 0 radical (unpaired) electrons. The summed E-state index contributed by atoms with van der Waals surface area (Å²) in [6.45, 7) is 1.60. The average molecular weight is 227 g/mol. The van der Waals surface area contributed by atoms with Crippen LogP contribution in [0, 0.1) is 6.92 Å². The number of carbonyl (C=O) groups is 1. The van der Waals surface area contributed by atoms with E-state index in [-0.39, 0.29) is 11.1 Å². The number of aliphatic hydroxyl groups is 2. The normalized spacial score (nSPS) is 14.2. The second-order valence-electron chi connectivity index (χ2n) is 3.35. The van der Waals surface area contributed by atoms with Crippen molar-refractivity contribution >= 4 is 5.97 Å². The van der Waals surface area contributed by atoms with Crippen molar-refractivity contribution in [3.05, 3.63) is 33.7 Å². The molecular formula is C10H13NO5. The van der Waals surface area contributed by atoms with E-state index in [4.69, 9.17) is 0 Å². The third-order valence-electron chi connectivity index (χ3n) is 2.23. The standard InChI is InChI=1S/C10H13NO5/c1-5-3-7(12)11-4-6(5)8(13)9(14)10(15)16-2/h3-4,8-9,13-14H,1-2H3,(H,11,12). The fraction of sp³-hybridized carbons (Fsp3) is 0.400. The lowest BCUT2D eigenvalue weighted by Gasteiger charge is -2.17. The van der Waals surface area contributed by atoms with E-state index < -0.39 is 18.2 Å². The maximum atomic E-state index is 11.0. The van der Waals surface area contributed by atoms with E-state index in [1.807, 2.05) is 0 Å². The molecule has 6 nitrogen and oxygen atoms in total. The van der Waals surface area contributed by atoms with Gasteiger partial charge in [0.15, 0.2) is 6.10 Å². The third-order valence-corrected chi connectivity index (χ3v) is 2.23. The van der Waals surface area contributed by atoms with Crippen molar-refractivity contribution in [2.24, 2.45) is 0 Å². The molecule has 0 amide bonds. The number of aromatic amines is 1. The number of rotatable bonds is 3. The highest BCUT2D eigenvalue weighted by atomic mass is 16.5. The predicted octanol–water partition coefficient (Wildman–Crippen LogP) is -0.749. The highest BCUT2D eigenvalue weighted by molar-refractivity contribution is 5.75. The lowest BCUT2D eigenvalue weighted by Crippen LogP contribution is -2.30. The Bertz CT molecular complexity index is 439. The Hall–Kier alpha value is -1.66. The Morgan fingerprint density at radius 3 is 2.62 bits per heavy atom. The molecule has 2 unspecified atom stereocenters. The molecule has 0 bridgehead atoms. The van der Waals surface area contributed by atoms with Crippen molar-refractivity contribution in [1.29, 1.82) is 0 Å². The lowest BCUT2D eigenvalue weighted by molar-refractivity contribution is -0.156. The van der Waals surface area contributed by atoms with Crippen LogP contribution in [-0.4, -0.2) is 34.4 Å². The fourth-order valence-electron chi connectivity index (χ4n) is 1.32. The number of aryl methyl sites for hydroxylation is 1. The van der Waals surface area contributed by atoms with Crippen LogP contribution in [0.3, 0.4) is 0 Å². The number of aliphatic hydroxyl groups excluding tert-OH is 2. The Labute approximate surface area is 91.5 Å². The number of carbonyl (C=O) groups excluding carboxylic acids is 1. The smallest absolute Gasteiger partial charge is 0.337 e. The lowest BCUT2D eigenvalue weighted by atomic mass is 10.0. The number of hydrogen-bond donors (Lipinski definition) is 3. The minimum absolute atomic E-state index is 0.275. The minimum Gasteiger partial charge on any atom is -0.467 e. The first-order valence-corrected chi connectivity index (χ1v) is 4.60. The van der Waals surface area contributed by atoms with Crippen molar-refractivity contribution in [2.45, 2.75) is 19.1 Å². The van der Waals surface area contributed by atoms with E-state index in [1.54, 1.807) is 6.92 Å². The molecule has 1 heterocycles. The number of aromatic nitrogens is 1. The van der Waals surface area contributed by atoms with Gasteiger partial charge < -0.3 is 19.9 Å². The number of nitrogens with one attached hydrogen (secondary N) is 1. The predicted molar refractivity (Wildman–Crippen MR) is 54.8 cm³/mol. The Balaban J connectivity index is 3.00. The third kappa shape index (κ3) is 2.47. The van der Waals surface area contributed by atoms with Gasteiger partial charge in [-0.2, -0.15) is 0 Å². The number of esters is 1. The van der Waals surface area contributed by atoms with Crippen molar-refractivity contribution in [2.75, 3.05) is 7.11 Å². The van der Waals surface area contributed by atoms with E-state index in [1.165, 1.54) is 12.3 Å². The summed E-state index contributed by atoms with van der Waals surface area (Å²) in [5, 5.41) is 19.1. The van der Waals surface area contributed by atoms with Crippen molar-refractivity contribution in [1.82, 2.24) is 4.98 Å². The van der Waals surface area contributed by atoms with E-state index in [0.717, 1.165) is 7.11 Å². The van der Waals surface area contributed by atoms with E-state index in [9.17, 15) is 19.8 Å². The molecular weight excluding hydrogens is 214 g/mol. The summed E-state index contributed by atoms with van der Waals surface area (Å²) in [6.07, 6.45) is -1.84. The molecule has 16 heavy (non-hydrogen) atoms. The topological polar surface area (TPSA) is 99.6 Å². The summed E-state index contributed by atoms with van der Waals surface area (Å²) < 4.78 is 4.30. The van der Waals surface area contributed by atoms with Gasteiger partial charge in [-0.1, -0.05) is 0 Å². The number of methoxy groups -OCH3 is 1. The molecule has 0 saturated heterocycles. The molecule has 0 aliphatic carbocycles. The van der Waals surface area contributed by atoms with Crippen LogP contribution in [-0.2, 0) is 9.53 Å². The highest BCUT2D eigenvalue weighted by Crippen LogP contribution is 2.19. The highest BCUT2D eigenvalue weighted by Gasteiger charge is 2.27. The van der Waals surface area contributed by atoms with Crippen LogP contribution in [0.2, 0.25) is 0 Å². The van der Waals surface area contributed by atoms with E-state index in [0.29, 0.717) is 5.56 Å². The van der Waals surface area contributed by atoms with Crippen LogP contribution < -0.4 is 5.56 Å². The molecule has 0 aliphatic rings. The summed E-state index contributed by atoms with van der Waals surface area (Å²) in [5.74, 6) is -0.932. The first-order valence-electron chi connectivity index (χ1n) is 4.60. The van der Waals surface area contributed by atoms with Crippen molar-refractivity contribution in [3.8, 4) is 0 Å². The minimum atomic E-state index is -1.67. The van der Waals surface area contributed by atoms with Gasteiger partial charge in [0.2, 0.25) is 5.56 Å². The SMILES string of the molecule is COC(=O)C(O)C(O)c1c[nH]c(=O)cc1C. The molecule has 0 saturated carbocycles. The molecule has 1 rings (SSSR count). The number of hydrogen-bond acceptors (Lipinski definition) is 5. The van der Waals surface area contributed by atoms with Crippen LogP contribution in [0.1, 0.15) is 17.2 Å². The van der Waals surface area contributed by atoms with Gasteiger partial charge in [0.1, 0.15) is 6.10 Å². The molecule has 3 N–H and O–H groups in total. The summed E-state index contributed by atoms with van der Waals surface area (Å²) in [6, 6.07) is 1.27. The molecule has 0 aliphatic heterocycles. The molecule has 1 aromatic rings. The van der Waals surface area contributed by atoms with Gasteiger partial charge in [-0.25, -0.2) is 4.79 Å². The summed E-state index contributed by atoms with van der Waals surface area (Å²) >= 11 is 0. The second-order valence-corrected chi connectivity index (χ2v) is 3.35. The molecule has 2 atom stereocenters. The molecule has 0 spiro atoms. The summed E-state index contributed by atoms with van der Waals surface area (Å²) in [4.78, 5) is 24.3. The zero-order valence-electron chi connectivity index (χ0n) is 8.93. The Kier molecular flexibility index (Phi) is 3.81. The number of pyridine rings is 1. The Morgan fingerprint density at radius 2 is 2.12 bits per heavy atom. The number of ether oxygens (including phenoxy) is 1. The monoisotopic (exact) mass is 227 g/mol. The summed E-state index contributed by atoms with van der Waals surface area (Å²) in [7, 11) is 1.11. The van der Waals surface area contributed by atoms with Gasteiger partial charge in [-0.05, 0) is 12.5 Å². The van der Waals surface area contributed by atoms with Crippen LogP contribution in [0.15, 0.2) is 17.1 Å². The summed E-state index contributed by atoms with van der Waals surface area (Å²) in [5.41, 5.74) is 0.442. The first kappa shape index (κ1) is 12.4. The van der Waals surface area contributed by atoms with Gasteiger partial charge in [0.25, 0.3) is 0 Å². The van der Waals surface area contributed by atoms with Crippen molar-refractivity contribution in [3.63, 3.8) is 0 Å². The maximum absolute atomic E-state index is 11.0. The van der Waals surface area contributed by atoms with Crippen LogP contribution in [0.25, 0.3) is 0 Å². The number of H-pyrrole nitrogens is 1. The molecule has 0 aromatic carbocycles. The largest absolute Gasteiger partial charge is 0.467 e. The van der Waals surface area contributed by atoms with Gasteiger partial charge in [0.05, 0.1) is 7.11 Å². The fourth-order valence-corrected chi connectivity index (χ4v) is 1.32. The second kappa shape index (κ2) is 4.91. The van der Waals surface area contributed by atoms with Gasteiger partial charge in [-0.15, -0.1) is 0 Å². The molecule has 88 valence electrons. The molecule has 1 aromatic heterocycles. The Morgan fingerprint density at radius 1 is 1.50 bits per heavy atom. The van der Waals surface area contributed by atoms with E-state index in [2.05, 4.69) is 9.72 Å². The van der Waals surface area contributed by atoms with Crippen molar-refractivity contribution < 1.29 is 19.7 Å². The van der Waals surface area contributed by atoms with E-state index >= 15 is 0 Å². The maximum Gasteiger partial charge on any atom is 0.337 e. The van der Waals surface area contributed by atoms with Gasteiger partial charge in [0, 0.05) is 17.8 Å². The van der Waals surface area contributed by atoms with Crippen LogP contribution in [0.4, 0.5) is 0 Å². The van der Waals surface area contributed by atoms with Crippen LogP contribution >= 0.6 is 0 Å². The zero-order valence-corrected chi connectivity index (χ0v) is 8.93. The molecule has 0 fully saturated rings. The van der Waals surface area contributed by atoms with Gasteiger partial charge in [-0.3, -0.25) is 4.79 Å². The average Bonchev–Trinajstić information content (AvgIpc) is 2.26. The van der Waals surface area contributed by atoms with Gasteiger partial charge >= 0.3 is 5.97 Å². The van der Waals surface area contributed by atoms with Crippen LogP contribution in [0.5, 0.6) is 0 Å². The molecule has 6 heteroatoms. The first-order chi connectivity index (χ1) is 7.47. The zero-order chi connectivity index (χ0) is 12.3.